The van der Waals surface area contributed by atoms with Gasteiger partial charge in [-0.3, -0.25) is 4.90 Å². The van der Waals surface area contributed by atoms with Gasteiger partial charge in [0, 0.05) is 19.6 Å². The summed E-state index contributed by atoms with van der Waals surface area (Å²) in [7, 11) is 0. The van der Waals surface area contributed by atoms with Crippen LogP contribution < -0.4 is 0 Å². The van der Waals surface area contributed by atoms with Crippen LogP contribution in [-0.2, 0) is 0 Å². The van der Waals surface area contributed by atoms with Crippen LogP contribution in [0.4, 0.5) is 4.39 Å². The Balaban J connectivity index is 2.00. The summed E-state index contributed by atoms with van der Waals surface area (Å²) in [5, 5.41) is 0. The maximum Gasteiger partial charge on any atom is 0.123 e. The van der Waals surface area contributed by atoms with Crippen molar-refractivity contribution in [3.63, 3.8) is 0 Å². The fraction of sp³-hybridized carbons (Fsp3) is 0.333. The Hall–Kier alpha value is -1.41. The molecule has 0 fully saturated rings. The Morgan fingerprint density at radius 1 is 1.29 bits per heavy atom. The van der Waals surface area contributed by atoms with Crippen LogP contribution >= 0.6 is 0 Å². The van der Waals surface area contributed by atoms with Crippen LogP contribution in [0.5, 0.6) is 0 Å². The van der Waals surface area contributed by atoms with Crippen LogP contribution in [0.15, 0.2) is 42.5 Å². The molecule has 1 aromatic rings. The molecular weight excluding hydrogens is 213 g/mol. The number of halogens is 1. The number of allylic oxidation sites excluding steroid dienone is 1. The maximum absolute atomic E-state index is 12.8. The molecule has 0 spiro atoms. The largest absolute Gasteiger partial charge is 0.296 e. The summed E-state index contributed by atoms with van der Waals surface area (Å²) in [4.78, 5) is 2.40. The van der Waals surface area contributed by atoms with Crippen molar-refractivity contribution in [2.45, 2.75) is 13.3 Å². The van der Waals surface area contributed by atoms with Gasteiger partial charge in [-0.15, -0.1) is 0 Å². The molecule has 0 bridgehead atoms. The molecular formula is C15H18FN. The monoisotopic (exact) mass is 231 g/mol. The van der Waals surface area contributed by atoms with Gasteiger partial charge in [-0.25, -0.2) is 4.39 Å². The average Bonchev–Trinajstić information content (AvgIpc) is 2.38. The van der Waals surface area contributed by atoms with Gasteiger partial charge in [0.1, 0.15) is 5.82 Å². The molecule has 0 aliphatic carbocycles. The zero-order valence-electron chi connectivity index (χ0n) is 10.2. The minimum atomic E-state index is -0.167. The third-order valence-corrected chi connectivity index (χ3v) is 3.11. The van der Waals surface area contributed by atoms with Gasteiger partial charge in [-0.2, -0.15) is 0 Å². The Morgan fingerprint density at radius 3 is 2.65 bits per heavy atom. The van der Waals surface area contributed by atoms with Crippen LogP contribution in [0.2, 0.25) is 0 Å². The number of nitrogens with zero attached hydrogens (tertiary/aromatic N) is 1. The lowest BCUT2D eigenvalue weighted by atomic mass is 9.99. The topological polar surface area (TPSA) is 3.24 Å². The van der Waals surface area contributed by atoms with E-state index in [0.717, 1.165) is 31.6 Å². The first-order valence-corrected chi connectivity index (χ1v) is 6.08. The maximum atomic E-state index is 12.8. The second-order valence-electron chi connectivity index (χ2n) is 4.31. The summed E-state index contributed by atoms with van der Waals surface area (Å²) in [6.45, 7) is 5.12. The van der Waals surface area contributed by atoms with Gasteiger partial charge in [0.25, 0.3) is 0 Å². The molecule has 0 saturated carbocycles. The van der Waals surface area contributed by atoms with Crippen molar-refractivity contribution in [2.24, 2.45) is 0 Å². The van der Waals surface area contributed by atoms with Crippen LogP contribution in [0.25, 0.3) is 5.57 Å². The predicted molar refractivity (Wildman–Crippen MR) is 70.2 cm³/mol. The predicted octanol–water partition coefficient (Wildman–Crippen LogP) is 3.49. The van der Waals surface area contributed by atoms with Gasteiger partial charge >= 0.3 is 0 Å². The number of benzene rings is 1. The molecule has 0 radical (unpaired) electrons. The molecule has 0 amide bonds. The van der Waals surface area contributed by atoms with Gasteiger partial charge in [0.05, 0.1) is 0 Å². The van der Waals surface area contributed by atoms with Crippen molar-refractivity contribution >= 4 is 5.57 Å². The van der Waals surface area contributed by atoms with E-state index in [1.54, 1.807) is 0 Å². The second kappa shape index (κ2) is 5.78. The fourth-order valence-corrected chi connectivity index (χ4v) is 2.06. The normalized spacial score (nSPS) is 17.4. The van der Waals surface area contributed by atoms with Crippen LogP contribution in [0.3, 0.4) is 0 Å². The van der Waals surface area contributed by atoms with Crippen molar-refractivity contribution < 1.29 is 4.39 Å². The third kappa shape index (κ3) is 3.27. The number of rotatable bonds is 3. The lowest BCUT2D eigenvalue weighted by molar-refractivity contribution is 0.334. The highest BCUT2D eigenvalue weighted by atomic mass is 19.1. The zero-order valence-corrected chi connectivity index (χ0v) is 10.2. The van der Waals surface area contributed by atoms with Crippen LogP contribution in [-0.4, -0.2) is 24.5 Å². The lowest BCUT2D eigenvalue weighted by Crippen LogP contribution is -2.28. The van der Waals surface area contributed by atoms with E-state index >= 15 is 0 Å². The third-order valence-electron chi connectivity index (χ3n) is 3.11. The molecule has 1 aromatic carbocycles. The van der Waals surface area contributed by atoms with Crippen molar-refractivity contribution in [3.05, 3.63) is 53.9 Å². The highest BCUT2D eigenvalue weighted by Gasteiger charge is 2.11. The van der Waals surface area contributed by atoms with Crippen molar-refractivity contribution in [1.29, 1.82) is 0 Å². The zero-order chi connectivity index (χ0) is 12.1. The van der Waals surface area contributed by atoms with Gasteiger partial charge in [0.2, 0.25) is 0 Å². The van der Waals surface area contributed by atoms with Gasteiger partial charge in [0.15, 0.2) is 0 Å². The highest BCUT2D eigenvalue weighted by molar-refractivity contribution is 5.66. The quantitative estimate of drug-likeness (QED) is 0.720. The van der Waals surface area contributed by atoms with Gasteiger partial charge < -0.3 is 0 Å². The molecule has 1 nitrogen and oxygen atoms in total. The van der Waals surface area contributed by atoms with Gasteiger partial charge in [-0.05, 0) is 36.6 Å². The van der Waals surface area contributed by atoms with E-state index in [4.69, 9.17) is 0 Å². The van der Waals surface area contributed by atoms with Crippen LogP contribution in [0.1, 0.15) is 18.9 Å². The van der Waals surface area contributed by atoms with E-state index < -0.39 is 0 Å². The lowest BCUT2D eigenvalue weighted by Gasteiger charge is -2.25. The molecule has 1 aliphatic heterocycles. The van der Waals surface area contributed by atoms with E-state index in [9.17, 15) is 4.39 Å². The molecule has 1 heterocycles. The Labute approximate surface area is 102 Å². The van der Waals surface area contributed by atoms with E-state index in [1.165, 1.54) is 17.7 Å². The van der Waals surface area contributed by atoms with Crippen molar-refractivity contribution in [1.82, 2.24) is 4.90 Å². The molecule has 0 N–H and O–H groups in total. The average molecular weight is 231 g/mol. The summed E-state index contributed by atoms with van der Waals surface area (Å²) in [6.07, 6.45) is 7.55. The van der Waals surface area contributed by atoms with E-state index in [2.05, 4.69) is 23.1 Å². The summed E-state index contributed by atoms with van der Waals surface area (Å²) < 4.78 is 12.8. The summed E-state index contributed by atoms with van der Waals surface area (Å²) in [6, 6.07) is 6.79. The number of hydrogen-bond acceptors (Lipinski definition) is 1. The molecule has 90 valence electrons. The SMILES string of the molecule is C/C=C/CN1CC=C(c2ccc(F)cc2)CC1. The van der Waals surface area contributed by atoms with Gasteiger partial charge in [-0.1, -0.05) is 30.4 Å². The first-order valence-electron chi connectivity index (χ1n) is 6.08. The molecule has 0 unspecified atom stereocenters. The standard InChI is InChI=1S/C15H18FN/c1-2-3-10-17-11-8-14(9-12-17)13-4-6-15(16)7-5-13/h2-8H,9-12H2,1H3/b3-2+. The first-order chi connectivity index (χ1) is 8.29. The van der Waals surface area contributed by atoms with E-state index in [0.29, 0.717) is 0 Å². The van der Waals surface area contributed by atoms with Crippen molar-refractivity contribution in [2.75, 3.05) is 19.6 Å². The molecule has 2 rings (SSSR count). The Morgan fingerprint density at radius 2 is 2.06 bits per heavy atom. The highest BCUT2D eigenvalue weighted by Crippen LogP contribution is 2.22. The second-order valence-corrected chi connectivity index (χ2v) is 4.31. The van der Waals surface area contributed by atoms with E-state index in [1.807, 2.05) is 19.1 Å². The summed E-state index contributed by atoms with van der Waals surface area (Å²) in [5.41, 5.74) is 2.49. The Kier molecular flexibility index (Phi) is 4.10. The van der Waals surface area contributed by atoms with E-state index in [-0.39, 0.29) is 5.82 Å². The smallest absolute Gasteiger partial charge is 0.123 e. The first kappa shape index (κ1) is 12.1. The molecule has 0 atom stereocenters. The molecule has 0 aromatic heterocycles. The van der Waals surface area contributed by atoms with Crippen LogP contribution in [0, 0.1) is 5.82 Å². The fourth-order valence-electron chi connectivity index (χ4n) is 2.06. The summed E-state index contributed by atoms with van der Waals surface area (Å²) >= 11 is 0. The number of hydrogen-bond donors (Lipinski definition) is 0. The Bertz CT molecular complexity index is 417. The molecule has 2 heteroatoms. The van der Waals surface area contributed by atoms with Crippen molar-refractivity contribution in [3.8, 4) is 0 Å². The minimum Gasteiger partial charge on any atom is -0.296 e. The molecule has 17 heavy (non-hydrogen) atoms. The molecule has 1 aliphatic rings. The minimum absolute atomic E-state index is 0.167. The molecule has 0 saturated heterocycles. The summed E-state index contributed by atoms with van der Waals surface area (Å²) in [5.74, 6) is -0.167.